The Kier molecular flexibility index (Phi) is 6.82. The van der Waals surface area contributed by atoms with Crippen LogP contribution in [0.3, 0.4) is 0 Å². The molecule has 4 rings (SSSR count). The van der Waals surface area contributed by atoms with Crippen molar-refractivity contribution in [3.05, 3.63) is 11.6 Å². The van der Waals surface area contributed by atoms with Gasteiger partial charge in [0.05, 0.1) is 12.6 Å². The second-order valence-corrected chi connectivity index (χ2v) is 9.52. The molecule has 2 heterocycles. The van der Waals surface area contributed by atoms with Gasteiger partial charge < -0.3 is 5.32 Å². The van der Waals surface area contributed by atoms with Crippen molar-refractivity contribution in [2.75, 3.05) is 37.6 Å². The summed E-state index contributed by atoms with van der Waals surface area (Å²) >= 11 is 1.56. The number of piperazine rings is 1. The molecule has 2 amide bonds. The summed E-state index contributed by atoms with van der Waals surface area (Å²) < 4.78 is 0. The molecule has 3 aliphatic rings. The summed E-state index contributed by atoms with van der Waals surface area (Å²) in [7, 11) is 0. The van der Waals surface area contributed by atoms with E-state index in [0.29, 0.717) is 12.6 Å². The highest BCUT2D eigenvalue weighted by Gasteiger charge is 2.35. The smallest absolute Gasteiger partial charge is 0.246 e. The number of hydrogen-bond acceptors (Lipinski definition) is 6. The van der Waals surface area contributed by atoms with Gasteiger partial charge in [0.1, 0.15) is 0 Å². The summed E-state index contributed by atoms with van der Waals surface area (Å²) in [6.07, 6.45) is 9.82. The first-order valence-electron chi connectivity index (χ1n) is 11.1. The first-order chi connectivity index (χ1) is 14.1. The van der Waals surface area contributed by atoms with Crippen LogP contribution in [0.15, 0.2) is 11.6 Å². The highest BCUT2D eigenvalue weighted by atomic mass is 32.1. The third-order valence-corrected chi connectivity index (χ3v) is 7.20. The Hall–Kier alpha value is -1.51. The van der Waals surface area contributed by atoms with Gasteiger partial charge >= 0.3 is 0 Å². The SMILES string of the molecule is CC(C(=O)N(c1nccs1)C1CCCCC1)N1CCN(CC(=O)NC2CC2)CC1. The van der Waals surface area contributed by atoms with Crippen molar-refractivity contribution in [3.8, 4) is 0 Å². The number of anilines is 1. The Balaban J connectivity index is 1.33. The van der Waals surface area contributed by atoms with E-state index >= 15 is 0 Å². The molecule has 8 heteroatoms. The van der Waals surface area contributed by atoms with Gasteiger partial charge in [-0.3, -0.25) is 24.3 Å². The maximum absolute atomic E-state index is 13.5. The summed E-state index contributed by atoms with van der Waals surface area (Å²) in [5.74, 6) is 0.309. The van der Waals surface area contributed by atoms with E-state index in [9.17, 15) is 9.59 Å². The van der Waals surface area contributed by atoms with Gasteiger partial charge in [-0.15, -0.1) is 11.3 Å². The zero-order chi connectivity index (χ0) is 20.2. The van der Waals surface area contributed by atoms with Crippen molar-refractivity contribution in [1.82, 2.24) is 20.1 Å². The molecule has 29 heavy (non-hydrogen) atoms. The van der Waals surface area contributed by atoms with Crippen LogP contribution in [-0.2, 0) is 9.59 Å². The molecule has 3 fully saturated rings. The number of nitrogens with zero attached hydrogens (tertiary/aromatic N) is 4. The molecule has 1 saturated heterocycles. The molecular weight excluding hydrogens is 386 g/mol. The molecule has 1 aromatic heterocycles. The second kappa shape index (κ2) is 9.53. The summed E-state index contributed by atoms with van der Waals surface area (Å²) in [5, 5.41) is 5.85. The average molecular weight is 420 g/mol. The molecule has 1 aliphatic heterocycles. The lowest BCUT2D eigenvalue weighted by molar-refractivity contribution is -0.126. The van der Waals surface area contributed by atoms with E-state index in [1.165, 1.54) is 19.3 Å². The molecule has 160 valence electrons. The lowest BCUT2D eigenvalue weighted by Crippen LogP contribution is -2.57. The van der Waals surface area contributed by atoms with Crippen LogP contribution in [0, 0.1) is 0 Å². The van der Waals surface area contributed by atoms with Crippen molar-refractivity contribution in [2.24, 2.45) is 0 Å². The number of amides is 2. The van der Waals surface area contributed by atoms with Crippen LogP contribution in [0.25, 0.3) is 0 Å². The van der Waals surface area contributed by atoms with Crippen LogP contribution in [0.1, 0.15) is 51.9 Å². The molecule has 1 atom stereocenters. The minimum atomic E-state index is -0.164. The van der Waals surface area contributed by atoms with Crippen LogP contribution >= 0.6 is 11.3 Å². The first kappa shape index (κ1) is 20.8. The summed E-state index contributed by atoms with van der Waals surface area (Å²) in [5.41, 5.74) is 0. The maximum atomic E-state index is 13.5. The predicted octanol–water partition coefficient (Wildman–Crippen LogP) is 2.09. The maximum Gasteiger partial charge on any atom is 0.246 e. The molecule has 1 N–H and O–H groups in total. The van der Waals surface area contributed by atoms with Crippen molar-refractivity contribution >= 4 is 28.3 Å². The number of nitrogens with one attached hydrogen (secondary N) is 1. The van der Waals surface area contributed by atoms with Crippen molar-refractivity contribution < 1.29 is 9.59 Å². The fourth-order valence-electron chi connectivity index (χ4n) is 4.47. The van der Waals surface area contributed by atoms with Crippen LogP contribution in [0.2, 0.25) is 0 Å². The van der Waals surface area contributed by atoms with Crippen LogP contribution < -0.4 is 10.2 Å². The van der Waals surface area contributed by atoms with Gasteiger partial charge in [0.2, 0.25) is 11.8 Å². The van der Waals surface area contributed by atoms with Gasteiger partial charge in [-0.1, -0.05) is 19.3 Å². The van der Waals surface area contributed by atoms with E-state index < -0.39 is 0 Å². The van der Waals surface area contributed by atoms with Gasteiger partial charge in [0, 0.05) is 49.8 Å². The highest BCUT2D eigenvalue weighted by Crippen LogP contribution is 2.30. The van der Waals surface area contributed by atoms with Gasteiger partial charge in [0.15, 0.2) is 5.13 Å². The van der Waals surface area contributed by atoms with Gasteiger partial charge in [-0.05, 0) is 32.6 Å². The van der Waals surface area contributed by atoms with Crippen molar-refractivity contribution in [2.45, 2.75) is 70.0 Å². The first-order valence-corrected chi connectivity index (χ1v) is 12.0. The topological polar surface area (TPSA) is 68.8 Å². The highest BCUT2D eigenvalue weighted by molar-refractivity contribution is 7.13. The largest absolute Gasteiger partial charge is 0.352 e. The lowest BCUT2D eigenvalue weighted by Gasteiger charge is -2.40. The van der Waals surface area contributed by atoms with E-state index in [1.54, 1.807) is 17.5 Å². The average Bonchev–Trinajstić information content (AvgIpc) is 3.39. The number of thiazole rings is 1. The molecule has 2 saturated carbocycles. The third-order valence-electron chi connectivity index (χ3n) is 6.42. The van der Waals surface area contributed by atoms with Gasteiger partial charge in [-0.25, -0.2) is 4.98 Å². The Morgan fingerprint density at radius 3 is 2.52 bits per heavy atom. The van der Waals surface area contributed by atoms with Gasteiger partial charge in [0.25, 0.3) is 0 Å². The molecule has 0 spiro atoms. The fourth-order valence-corrected chi connectivity index (χ4v) is 5.19. The van der Waals surface area contributed by atoms with E-state index in [1.807, 2.05) is 17.2 Å². The standard InChI is InChI=1S/C21H33N5O2S/c1-16(25-12-10-24(11-13-25)15-19(27)23-17-7-8-17)20(28)26(21-22-9-14-29-21)18-5-3-2-4-6-18/h9,14,16-18H,2-8,10-13,15H2,1H3,(H,23,27). The molecule has 0 aromatic carbocycles. The van der Waals surface area contributed by atoms with Crippen LogP contribution in [-0.4, -0.2) is 77.4 Å². The number of carbonyl (C=O) groups excluding carboxylic acids is 2. The molecular formula is C21H33N5O2S. The lowest BCUT2D eigenvalue weighted by atomic mass is 9.94. The minimum Gasteiger partial charge on any atom is -0.352 e. The van der Waals surface area contributed by atoms with Crippen LogP contribution in [0.4, 0.5) is 5.13 Å². The summed E-state index contributed by atoms with van der Waals surface area (Å²) in [4.78, 5) is 36.5. The third kappa shape index (κ3) is 5.35. The molecule has 0 radical (unpaired) electrons. The monoisotopic (exact) mass is 419 g/mol. The van der Waals surface area contributed by atoms with E-state index in [-0.39, 0.29) is 23.9 Å². The zero-order valence-corrected chi connectivity index (χ0v) is 18.2. The molecule has 0 bridgehead atoms. The molecule has 1 unspecified atom stereocenters. The molecule has 2 aliphatic carbocycles. The van der Waals surface area contributed by atoms with Crippen molar-refractivity contribution in [1.29, 1.82) is 0 Å². The molecule has 7 nitrogen and oxygen atoms in total. The number of rotatable bonds is 7. The van der Waals surface area contributed by atoms with Crippen molar-refractivity contribution in [3.63, 3.8) is 0 Å². The van der Waals surface area contributed by atoms with Gasteiger partial charge in [-0.2, -0.15) is 0 Å². The van der Waals surface area contributed by atoms with E-state index in [2.05, 4.69) is 20.1 Å². The van der Waals surface area contributed by atoms with Crippen LogP contribution in [0.5, 0.6) is 0 Å². The quantitative estimate of drug-likeness (QED) is 0.733. The number of aromatic nitrogens is 1. The normalized spacial score (nSPS) is 22.9. The second-order valence-electron chi connectivity index (χ2n) is 8.64. The van der Waals surface area contributed by atoms with E-state index in [0.717, 1.165) is 57.0 Å². The van der Waals surface area contributed by atoms with E-state index in [4.69, 9.17) is 0 Å². The fraction of sp³-hybridized carbons (Fsp3) is 0.762. The summed E-state index contributed by atoms with van der Waals surface area (Å²) in [6.45, 7) is 5.80. The predicted molar refractivity (Wildman–Crippen MR) is 115 cm³/mol. The Morgan fingerprint density at radius 1 is 1.17 bits per heavy atom. The number of hydrogen-bond donors (Lipinski definition) is 1. The molecule has 1 aromatic rings. The Morgan fingerprint density at radius 2 is 1.90 bits per heavy atom. The minimum absolute atomic E-state index is 0.136. The Bertz CT molecular complexity index is 679. The Labute approximate surface area is 177 Å². The number of carbonyl (C=O) groups is 2. The summed E-state index contributed by atoms with van der Waals surface area (Å²) in [6, 6.07) is 0.526. The zero-order valence-electron chi connectivity index (χ0n) is 17.4.